The van der Waals surface area contributed by atoms with Crippen LogP contribution in [0.25, 0.3) is 0 Å². The lowest BCUT2D eigenvalue weighted by atomic mass is 10.0. The van der Waals surface area contributed by atoms with Crippen LogP contribution in [0.1, 0.15) is 24.4 Å². The van der Waals surface area contributed by atoms with Gasteiger partial charge >= 0.3 is 0 Å². The van der Waals surface area contributed by atoms with Gasteiger partial charge in [0.2, 0.25) is 5.88 Å². The predicted octanol–water partition coefficient (Wildman–Crippen LogP) is 3.65. The van der Waals surface area contributed by atoms with Gasteiger partial charge in [-0.25, -0.2) is 4.98 Å². The minimum Gasteiger partial charge on any atom is -0.480 e. The molecule has 3 rings (SSSR count). The second-order valence-corrected chi connectivity index (χ2v) is 4.93. The molecule has 98 valence electrons. The number of anilines is 1. The van der Waals surface area contributed by atoms with Crippen LogP contribution in [0.2, 0.25) is 0 Å². The van der Waals surface area contributed by atoms with Crippen molar-refractivity contribution in [3.05, 3.63) is 54.2 Å². The normalized spacial score (nSPS) is 15.8. The van der Waals surface area contributed by atoms with Crippen molar-refractivity contribution in [2.45, 2.75) is 18.9 Å². The average molecular weight is 254 g/mol. The topological polar surface area (TPSA) is 34.1 Å². The molecule has 1 heterocycles. The summed E-state index contributed by atoms with van der Waals surface area (Å²) in [5.41, 5.74) is 2.29. The third-order valence-electron chi connectivity index (χ3n) is 3.53. The zero-order chi connectivity index (χ0) is 13.1. The first-order chi connectivity index (χ1) is 9.38. The van der Waals surface area contributed by atoms with Gasteiger partial charge in [-0.05, 0) is 36.5 Å². The molecule has 1 aromatic heterocycles. The van der Waals surface area contributed by atoms with Crippen molar-refractivity contribution in [2.24, 2.45) is 5.92 Å². The summed E-state index contributed by atoms with van der Waals surface area (Å²) in [6, 6.07) is 14.9. The third kappa shape index (κ3) is 2.70. The van der Waals surface area contributed by atoms with Crippen LogP contribution in [0.15, 0.2) is 48.7 Å². The van der Waals surface area contributed by atoms with Gasteiger partial charge in [0.05, 0.1) is 18.8 Å². The number of ether oxygens (including phenoxy) is 1. The molecule has 0 saturated heterocycles. The first-order valence-corrected chi connectivity index (χ1v) is 6.69. The Morgan fingerprint density at radius 3 is 2.63 bits per heavy atom. The molecule has 1 N–H and O–H groups in total. The molecule has 1 saturated carbocycles. The van der Waals surface area contributed by atoms with Crippen LogP contribution < -0.4 is 10.1 Å². The van der Waals surface area contributed by atoms with Crippen LogP contribution in [0.3, 0.4) is 0 Å². The highest BCUT2D eigenvalue weighted by Gasteiger charge is 2.32. The maximum Gasteiger partial charge on any atom is 0.237 e. The number of rotatable bonds is 5. The van der Waals surface area contributed by atoms with Gasteiger partial charge in [0.1, 0.15) is 0 Å². The van der Waals surface area contributed by atoms with Crippen molar-refractivity contribution >= 4 is 5.69 Å². The fraction of sp³-hybridized carbons (Fsp3) is 0.312. The Balaban J connectivity index is 1.86. The van der Waals surface area contributed by atoms with E-state index in [1.165, 1.54) is 18.4 Å². The third-order valence-corrected chi connectivity index (χ3v) is 3.53. The number of nitrogens with one attached hydrogen (secondary N) is 1. The van der Waals surface area contributed by atoms with Crippen molar-refractivity contribution in [1.82, 2.24) is 4.98 Å². The number of pyridine rings is 1. The van der Waals surface area contributed by atoms with Crippen LogP contribution in [-0.4, -0.2) is 12.1 Å². The Bertz CT molecular complexity index is 537. The Labute approximate surface area is 113 Å². The molecule has 1 aromatic carbocycles. The van der Waals surface area contributed by atoms with E-state index in [2.05, 4.69) is 40.6 Å². The van der Waals surface area contributed by atoms with E-state index >= 15 is 0 Å². The maximum absolute atomic E-state index is 5.31. The van der Waals surface area contributed by atoms with Gasteiger partial charge in [-0.2, -0.15) is 0 Å². The van der Waals surface area contributed by atoms with Crippen molar-refractivity contribution < 1.29 is 4.74 Å². The molecule has 1 atom stereocenters. The molecular weight excluding hydrogens is 236 g/mol. The lowest BCUT2D eigenvalue weighted by molar-refractivity contribution is 0.399. The van der Waals surface area contributed by atoms with Gasteiger partial charge in [0.25, 0.3) is 0 Å². The van der Waals surface area contributed by atoms with Gasteiger partial charge in [0.15, 0.2) is 0 Å². The van der Waals surface area contributed by atoms with Crippen LogP contribution >= 0.6 is 0 Å². The van der Waals surface area contributed by atoms with Gasteiger partial charge in [-0.15, -0.1) is 0 Å². The molecule has 3 nitrogen and oxygen atoms in total. The fourth-order valence-electron chi connectivity index (χ4n) is 2.39. The molecular formula is C16H18N2O. The average Bonchev–Trinajstić information content (AvgIpc) is 3.30. The number of methoxy groups -OCH3 is 1. The highest BCUT2D eigenvalue weighted by Crippen LogP contribution is 2.43. The molecule has 0 bridgehead atoms. The van der Waals surface area contributed by atoms with Crippen molar-refractivity contribution in [3.8, 4) is 5.88 Å². The van der Waals surface area contributed by atoms with Crippen LogP contribution in [0.5, 0.6) is 5.88 Å². The van der Waals surface area contributed by atoms with Crippen molar-refractivity contribution in [3.63, 3.8) is 0 Å². The summed E-state index contributed by atoms with van der Waals surface area (Å²) in [7, 11) is 1.65. The Morgan fingerprint density at radius 1 is 1.16 bits per heavy atom. The lowest BCUT2D eigenvalue weighted by Crippen LogP contribution is -2.13. The number of benzene rings is 1. The van der Waals surface area contributed by atoms with E-state index in [-0.39, 0.29) is 0 Å². The maximum atomic E-state index is 5.31. The quantitative estimate of drug-likeness (QED) is 0.884. The summed E-state index contributed by atoms with van der Waals surface area (Å²) in [6.07, 6.45) is 4.32. The molecule has 2 aromatic rings. The standard InChI is InChI=1S/C16H18N2O/c1-19-16-14(8-5-11-17-16)18-15(13-9-10-13)12-6-3-2-4-7-12/h2-8,11,13,15,18H,9-10H2,1H3. The Kier molecular flexibility index (Phi) is 3.36. The monoisotopic (exact) mass is 254 g/mol. The summed E-state index contributed by atoms with van der Waals surface area (Å²) in [6.45, 7) is 0. The fourth-order valence-corrected chi connectivity index (χ4v) is 2.39. The molecule has 19 heavy (non-hydrogen) atoms. The summed E-state index contributed by atoms with van der Waals surface area (Å²) < 4.78 is 5.31. The largest absolute Gasteiger partial charge is 0.480 e. The molecule has 1 unspecified atom stereocenters. The van der Waals surface area contributed by atoms with Crippen LogP contribution in [0.4, 0.5) is 5.69 Å². The zero-order valence-corrected chi connectivity index (χ0v) is 11.0. The summed E-state index contributed by atoms with van der Waals surface area (Å²) in [4.78, 5) is 4.24. The molecule has 1 fully saturated rings. The molecule has 0 radical (unpaired) electrons. The molecule has 0 spiro atoms. The number of hydrogen-bond acceptors (Lipinski definition) is 3. The van der Waals surface area contributed by atoms with Gasteiger partial charge in [0, 0.05) is 6.20 Å². The predicted molar refractivity (Wildman–Crippen MR) is 76.3 cm³/mol. The SMILES string of the molecule is COc1ncccc1NC(c1ccccc1)C1CC1. The first-order valence-electron chi connectivity index (χ1n) is 6.69. The molecule has 0 amide bonds. The number of hydrogen-bond donors (Lipinski definition) is 1. The first kappa shape index (κ1) is 12.0. The zero-order valence-electron chi connectivity index (χ0n) is 11.0. The minimum absolute atomic E-state index is 0.347. The van der Waals surface area contributed by atoms with E-state index in [1.807, 2.05) is 12.1 Å². The Morgan fingerprint density at radius 2 is 1.95 bits per heavy atom. The van der Waals surface area contributed by atoms with Crippen molar-refractivity contribution in [2.75, 3.05) is 12.4 Å². The number of aromatic nitrogens is 1. The molecule has 1 aliphatic carbocycles. The summed E-state index contributed by atoms with van der Waals surface area (Å²) in [5, 5.41) is 3.59. The molecule has 1 aliphatic rings. The highest BCUT2D eigenvalue weighted by atomic mass is 16.5. The van der Waals surface area contributed by atoms with E-state index in [9.17, 15) is 0 Å². The lowest BCUT2D eigenvalue weighted by Gasteiger charge is -2.21. The smallest absolute Gasteiger partial charge is 0.237 e. The van der Waals surface area contributed by atoms with Gasteiger partial charge in [-0.1, -0.05) is 30.3 Å². The van der Waals surface area contributed by atoms with E-state index in [0.29, 0.717) is 17.8 Å². The Hall–Kier alpha value is -2.03. The molecule has 3 heteroatoms. The second-order valence-electron chi connectivity index (χ2n) is 4.93. The van der Waals surface area contributed by atoms with E-state index < -0.39 is 0 Å². The van der Waals surface area contributed by atoms with Gasteiger partial charge < -0.3 is 10.1 Å². The minimum atomic E-state index is 0.347. The number of nitrogens with zero attached hydrogens (tertiary/aromatic N) is 1. The van der Waals surface area contributed by atoms with E-state index in [1.54, 1.807) is 13.3 Å². The highest BCUT2D eigenvalue weighted by molar-refractivity contribution is 5.54. The van der Waals surface area contributed by atoms with Crippen LogP contribution in [0, 0.1) is 5.92 Å². The second kappa shape index (κ2) is 5.31. The summed E-state index contributed by atoms with van der Waals surface area (Å²) >= 11 is 0. The van der Waals surface area contributed by atoms with E-state index in [4.69, 9.17) is 4.74 Å². The van der Waals surface area contributed by atoms with Gasteiger partial charge in [-0.3, -0.25) is 0 Å². The summed E-state index contributed by atoms with van der Waals surface area (Å²) in [5.74, 6) is 1.37. The van der Waals surface area contributed by atoms with Crippen molar-refractivity contribution in [1.29, 1.82) is 0 Å². The molecule has 0 aliphatic heterocycles. The van der Waals surface area contributed by atoms with Crippen LogP contribution in [-0.2, 0) is 0 Å². The van der Waals surface area contributed by atoms with E-state index in [0.717, 1.165) is 5.69 Å².